The molecule has 0 rings (SSSR count). The van der Waals surface area contributed by atoms with Crippen molar-refractivity contribution < 1.29 is 14.9 Å². The highest BCUT2D eigenvalue weighted by molar-refractivity contribution is 4.68. The second kappa shape index (κ2) is 25.1. The van der Waals surface area contributed by atoms with Gasteiger partial charge in [-0.25, -0.2) is 0 Å². The van der Waals surface area contributed by atoms with E-state index in [1.54, 1.807) is 0 Å². The van der Waals surface area contributed by atoms with Gasteiger partial charge in [-0.1, -0.05) is 136 Å². The molecule has 0 radical (unpaired) electrons. The predicted octanol–water partition coefficient (Wildman–Crippen LogP) is 7.96. The van der Waals surface area contributed by atoms with Gasteiger partial charge in [0, 0.05) is 6.61 Å². The summed E-state index contributed by atoms with van der Waals surface area (Å²) in [6.45, 7) is 5.06. The van der Waals surface area contributed by atoms with Crippen molar-refractivity contribution in [2.75, 3.05) is 13.2 Å². The minimum Gasteiger partial charge on any atom is -0.394 e. The number of aliphatic hydroxyl groups excluding tert-OH is 2. The van der Waals surface area contributed by atoms with Crippen molar-refractivity contribution in [3.63, 3.8) is 0 Å². The molecule has 182 valence electrons. The van der Waals surface area contributed by atoms with E-state index in [0.29, 0.717) is 0 Å². The van der Waals surface area contributed by atoms with Gasteiger partial charge in [0.15, 0.2) is 0 Å². The van der Waals surface area contributed by atoms with Crippen LogP contribution < -0.4 is 0 Å². The molecular weight excluding hydrogens is 372 g/mol. The van der Waals surface area contributed by atoms with Gasteiger partial charge in [-0.2, -0.15) is 0 Å². The molecule has 0 aromatic carbocycles. The van der Waals surface area contributed by atoms with Crippen LogP contribution in [0.25, 0.3) is 0 Å². The predicted molar refractivity (Wildman–Crippen MR) is 131 cm³/mol. The number of ether oxygens (including phenoxy) is 1. The van der Waals surface area contributed by atoms with Gasteiger partial charge in [-0.3, -0.25) is 0 Å². The molecule has 0 heterocycles. The Labute approximate surface area is 189 Å². The lowest BCUT2D eigenvalue weighted by Crippen LogP contribution is -2.32. The number of rotatable bonds is 25. The lowest BCUT2D eigenvalue weighted by molar-refractivity contribution is -0.0629. The van der Waals surface area contributed by atoms with E-state index in [1.807, 2.05) is 0 Å². The van der Waals surface area contributed by atoms with Crippen molar-refractivity contribution in [2.45, 2.75) is 161 Å². The highest BCUT2D eigenvalue weighted by Crippen LogP contribution is 2.16. The fourth-order valence-electron chi connectivity index (χ4n) is 4.16. The third-order valence-electron chi connectivity index (χ3n) is 6.29. The first kappa shape index (κ1) is 29.9. The number of unbranched alkanes of at least 4 members (excludes halogenated alkanes) is 18. The van der Waals surface area contributed by atoms with Gasteiger partial charge in [0.25, 0.3) is 0 Å². The van der Waals surface area contributed by atoms with E-state index < -0.39 is 6.10 Å². The van der Waals surface area contributed by atoms with Crippen LogP contribution in [0.3, 0.4) is 0 Å². The largest absolute Gasteiger partial charge is 0.394 e. The molecule has 0 saturated carbocycles. The molecule has 3 heteroatoms. The Balaban J connectivity index is 3.56. The Kier molecular flexibility index (Phi) is 25.0. The Hall–Kier alpha value is -0.120. The number of hydrogen-bond acceptors (Lipinski definition) is 3. The number of aliphatic hydroxyl groups is 2. The Bertz CT molecular complexity index is 308. The maximum Gasteiger partial charge on any atom is 0.103 e. The van der Waals surface area contributed by atoms with Crippen LogP contribution in [0.1, 0.15) is 149 Å². The fraction of sp³-hybridized carbons (Fsp3) is 1.00. The molecule has 0 aliphatic carbocycles. The highest BCUT2D eigenvalue weighted by Gasteiger charge is 2.18. The standard InChI is InChI=1S/C27H56O3/c1-3-5-7-9-11-13-15-17-19-21-23-27(26(29)25-28)30-24-22-20-18-16-14-12-10-8-6-4-2/h26-29H,3-25H2,1-2H3. The topological polar surface area (TPSA) is 49.7 Å². The van der Waals surface area contributed by atoms with Crippen molar-refractivity contribution >= 4 is 0 Å². The summed E-state index contributed by atoms with van der Waals surface area (Å²) in [6, 6.07) is 0. The molecule has 3 nitrogen and oxygen atoms in total. The smallest absolute Gasteiger partial charge is 0.103 e. The first-order valence-corrected chi connectivity index (χ1v) is 13.7. The molecular formula is C27H56O3. The molecule has 2 unspecified atom stereocenters. The summed E-state index contributed by atoms with van der Waals surface area (Å²) in [7, 11) is 0. The van der Waals surface area contributed by atoms with Crippen molar-refractivity contribution in [3.8, 4) is 0 Å². The van der Waals surface area contributed by atoms with Gasteiger partial charge in [0.2, 0.25) is 0 Å². The minimum atomic E-state index is -0.730. The summed E-state index contributed by atoms with van der Waals surface area (Å²) in [4.78, 5) is 0. The maximum atomic E-state index is 10.0. The molecule has 2 atom stereocenters. The minimum absolute atomic E-state index is 0.192. The van der Waals surface area contributed by atoms with Gasteiger partial charge < -0.3 is 14.9 Å². The molecule has 0 bridgehead atoms. The van der Waals surface area contributed by atoms with Crippen molar-refractivity contribution in [2.24, 2.45) is 0 Å². The lowest BCUT2D eigenvalue weighted by Gasteiger charge is -2.22. The highest BCUT2D eigenvalue weighted by atomic mass is 16.5. The molecule has 0 aromatic rings. The van der Waals surface area contributed by atoms with Crippen LogP contribution >= 0.6 is 0 Å². The molecule has 0 amide bonds. The van der Waals surface area contributed by atoms with Gasteiger partial charge in [-0.15, -0.1) is 0 Å². The zero-order valence-electron chi connectivity index (χ0n) is 20.7. The molecule has 0 spiro atoms. The van der Waals surface area contributed by atoms with Crippen LogP contribution in [0.4, 0.5) is 0 Å². The summed E-state index contributed by atoms with van der Waals surface area (Å²) in [5.74, 6) is 0. The second-order valence-corrected chi connectivity index (χ2v) is 9.31. The van der Waals surface area contributed by atoms with E-state index in [2.05, 4.69) is 13.8 Å². The van der Waals surface area contributed by atoms with E-state index >= 15 is 0 Å². The van der Waals surface area contributed by atoms with Crippen LogP contribution in [0, 0.1) is 0 Å². The zero-order chi connectivity index (χ0) is 22.1. The first-order chi connectivity index (χ1) is 14.8. The molecule has 30 heavy (non-hydrogen) atoms. The molecule has 2 N–H and O–H groups in total. The molecule has 0 aliphatic heterocycles. The molecule has 0 aromatic heterocycles. The first-order valence-electron chi connectivity index (χ1n) is 13.7. The van der Waals surface area contributed by atoms with Crippen LogP contribution in [0.2, 0.25) is 0 Å². The summed E-state index contributed by atoms with van der Waals surface area (Å²) in [6.07, 6.45) is 26.3. The van der Waals surface area contributed by atoms with Crippen LogP contribution in [-0.2, 0) is 4.74 Å². The van der Waals surface area contributed by atoms with Gasteiger partial charge >= 0.3 is 0 Å². The van der Waals surface area contributed by atoms with Gasteiger partial charge in [-0.05, 0) is 12.8 Å². The van der Waals surface area contributed by atoms with Crippen LogP contribution in [-0.4, -0.2) is 35.6 Å². The van der Waals surface area contributed by atoms with Gasteiger partial charge in [0.1, 0.15) is 6.10 Å². The molecule has 0 fully saturated rings. The fourth-order valence-corrected chi connectivity index (χ4v) is 4.16. The Morgan fingerprint density at radius 2 is 0.900 bits per heavy atom. The van der Waals surface area contributed by atoms with Crippen molar-refractivity contribution in [3.05, 3.63) is 0 Å². The van der Waals surface area contributed by atoms with E-state index in [-0.39, 0.29) is 12.7 Å². The monoisotopic (exact) mass is 428 g/mol. The van der Waals surface area contributed by atoms with E-state index in [0.717, 1.165) is 25.9 Å². The summed E-state index contributed by atoms with van der Waals surface area (Å²) in [5, 5.41) is 19.4. The van der Waals surface area contributed by atoms with Crippen molar-refractivity contribution in [1.29, 1.82) is 0 Å². The van der Waals surface area contributed by atoms with Crippen LogP contribution in [0.15, 0.2) is 0 Å². The third kappa shape index (κ3) is 21.1. The average molecular weight is 429 g/mol. The second-order valence-electron chi connectivity index (χ2n) is 9.31. The molecule has 0 aliphatic rings. The average Bonchev–Trinajstić information content (AvgIpc) is 2.76. The van der Waals surface area contributed by atoms with Gasteiger partial charge in [0.05, 0.1) is 12.7 Å². The Morgan fingerprint density at radius 3 is 1.30 bits per heavy atom. The summed E-state index contributed by atoms with van der Waals surface area (Å²) < 4.78 is 5.94. The lowest BCUT2D eigenvalue weighted by atomic mass is 10.0. The van der Waals surface area contributed by atoms with Crippen LogP contribution in [0.5, 0.6) is 0 Å². The number of hydrogen-bond donors (Lipinski definition) is 2. The molecule has 0 saturated heterocycles. The quantitative estimate of drug-likeness (QED) is 0.145. The zero-order valence-corrected chi connectivity index (χ0v) is 20.7. The van der Waals surface area contributed by atoms with Crippen molar-refractivity contribution in [1.82, 2.24) is 0 Å². The third-order valence-corrected chi connectivity index (χ3v) is 6.29. The summed E-state index contributed by atoms with van der Waals surface area (Å²) in [5.41, 5.74) is 0. The SMILES string of the molecule is CCCCCCCCCCCCOC(CCCCCCCCCCCC)C(O)CO. The Morgan fingerprint density at radius 1 is 0.533 bits per heavy atom. The summed E-state index contributed by atoms with van der Waals surface area (Å²) >= 11 is 0. The van der Waals surface area contributed by atoms with E-state index in [9.17, 15) is 10.2 Å². The van der Waals surface area contributed by atoms with E-state index in [4.69, 9.17) is 4.74 Å². The van der Waals surface area contributed by atoms with E-state index in [1.165, 1.54) is 116 Å². The normalized spacial score (nSPS) is 13.6. The maximum absolute atomic E-state index is 10.0.